The van der Waals surface area contributed by atoms with Crippen molar-refractivity contribution in [2.45, 2.75) is 51.7 Å². The van der Waals surface area contributed by atoms with Crippen molar-refractivity contribution in [2.75, 3.05) is 6.54 Å². The van der Waals surface area contributed by atoms with Crippen LogP contribution in [0.4, 0.5) is 4.79 Å². The number of amides is 2. The predicted molar refractivity (Wildman–Crippen MR) is 104 cm³/mol. The third-order valence-electron chi connectivity index (χ3n) is 3.60. The number of carboxylic acids is 1. The molecule has 0 saturated heterocycles. The van der Waals surface area contributed by atoms with E-state index in [9.17, 15) is 19.5 Å². The van der Waals surface area contributed by atoms with Crippen molar-refractivity contribution in [3.8, 4) is 0 Å². The third kappa shape index (κ3) is 8.89. The van der Waals surface area contributed by atoms with Gasteiger partial charge >= 0.3 is 12.1 Å². The molecular weight excluding hydrogens is 348 g/mol. The van der Waals surface area contributed by atoms with Gasteiger partial charge in [0.25, 0.3) is 5.91 Å². The maximum Gasteiger partial charge on any atom is 0.408 e. The predicted octanol–water partition coefficient (Wildman–Crippen LogP) is 3.21. The number of carboxylic acid groups (broad SMARTS) is 1. The SMILES string of the molecule is C=Cc1ccc(C(=O)NCCCC[C@H](NC(=O)OC(C)(C)C)C(=O)O)cc1. The van der Waals surface area contributed by atoms with Crippen LogP contribution in [-0.2, 0) is 9.53 Å². The van der Waals surface area contributed by atoms with Gasteiger partial charge in [0.1, 0.15) is 11.6 Å². The first-order valence-corrected chi connectivity index (χ1v) is 8.85. The number of nitrogens with one attached hydrogen (secondary N) is 2. The van der Waals surface area contributed by atoms with Crippen LogP contribution in [-0.4, -0.2) is 41.3 Å². The Morgan fingerprint density at radius 1 is 1.19 bits per heavy atom. The van der Waals surface area contributed by atoms with Gasteiger partial charge in [0.15, 0.2) is 0 Å². The number of carbonyl (C=O) groups excluding carboxylic acids is 2. The standard InChI is InChI=1S/C20H28N2O5/c1-5-14-9-11-15(12-10-14)17(23)21-13-7-6-8-16(18(24)25)22-19(26)27-20(2,3)4/h5,9-12,16H,1,6-8,13H2,2-4H3,(H,21,23)(H,22,26)(H,24,25)/t16-/m0/s1. The summed E-state index contributed by atoms with van der Waals surface area (Å²) in [6.45, 7) is 9.19. The summed E-state index contributed by atoms with van der Waals surface area (Å²) in [6.07, 6.45) is 2.31. The highest BCUT2D eigenvalue weighted by molar-refractivity contribution is 5.94. The minimum absolute atomic E-state index is 0.188. The van der Waals surface area contributed by atoms with Gasteiger partial charge in [-0.3, -0.25) is 4.79 Å². The molecule has 2 amide bonds. The largest absolute Gasteiger partial charge is 0.480 e. The number of hydrogen-bond acceptors (Lipinski definition) is 4. The minimum atomic E-state index is -1.12. The summed E-state index contributed by atoms with van der Waals surface area (Å²) in [5, 5.41) is 14.3. The normalized spacial score (nSPS) is 12.0. The Labute approximate surface area is 159 Å². The van der Waals surface area contributed by atoms with Crippen molar-refractivity contribution in [1.82, 2.24) is 10.6 Å². The van der Waals surface area contributed by atoms with Crippen molar-refractivity contribution in [3.63, 3.8) is 0 Å². The summed E-state index contributed by atoms with van der Waals surface area (Å²) >= 11 is 0. The molecule has 3 N–H and O–H groups in total. The van der Waals surface area contributed by atoms with Crippen LogP contribution in [0.15, 0.2) is 30.8 Å². The molecule has 7 nitrogen and oxygen atoms in total. The zero-order valence-corrected chi connectivity index (χ0v) is 16.1. The Morgan fingerprint density at radius 2 is 1.81 bits per heavy atom. The van der Waals surface area contributed by atoms with Crippen LogP contribution in [0.2, 0.25) is 0 Å². The summed E-state index contributed by atoms with van der Waals surface area (Å²) in [5.41, 5.74) is 0.792. The number of rotatable bonds is 9. The molecule has 27 heavy (non-hydrogen) atoms. The van der Waals surface area contributed by atoms with Crippen molar-refractivity contribution in [2.24, 2.45) is 0 Å². The molecule has 1 aromatic carbocycles. The van der Waals surface area contributed by atoms with E-state index in [1.54, 1.807) is 39.0 Å². The molecule has 0 heterocycles. The van der Waals surface area contributed by atoms with Gasteiger partial charge in [0.2, 0.25) is 0 Å². The minimum Gasteiger partial charge on any atom is -0.480 e. The fourth-order valence-electron chi connectivity index (χ4n) is 2.26. The van der Waals surface area contributed by atoms with Gasteiger partial charge in [0, 0.05) is 12.1 Å². The molecule has 0 aromatic heterocycles. The molecular formula is C20H28N2O5. The van der Waals surface area contributed by atoms with Gasteiger partial charge in [-0.05, 0) is 57.7 Å². The van der Waals surface area contributed by atoms with Gasteiger partial charge in [-0.1, -0.05) is 24.8 Å². The first-order chi connectivity index (χ1) is 12.6. The molecule has 1 aromatic rings. The molecule has 0 bridgehead atoms. The van der Waals surface area contributed by atoms with Crippen LogP contribution in [0, 0.1) is 0 Å². The molecule has 0 aliphatic rings. The summed E-state index contributed by atoms with van der Waals surface area (Å²) in [5.74, 6) is -1.31. The smallest absolute Gasteiger partial charge is 0.408 e. The highest BCUT2D eigenvalue weighted by Crippen LogP contribution is 2.09. The number of alkyl carbamates (subject to hydrolysis) is 1. The quantitative estimate of drug-likeness (QED) is 0.574. The van der Waals surface area contributed by atoms with Crippen LogP contribution in [0.25, 0.3) is 6.08 Å². The average Bonchev–Trinajstić information content (AvgIpc) is 2.58. The van der Waals surface area contributed by atoms with E-state index in [1.165, 1.54) is 0 Å². The van der Waals surface area contributed by atoms with Crippen molar-refractivity contribution in [3.05, 3.63) is 42.0 Å². The molecule has 1 rings (SSSR count). The van der Waals surface area contributed by atoms with Crippen molar-refractivity contribution in [1.29, 1.82) is 0 Å². The molecule has 0 aliphatic heterocycles. The Bertz CT molecular complexity index is 662. The molecule has 0 aliphatic carbocycles. The topological polar surface area (TPSA) is 105 Å². The van der Waals surface area contributed by atoms with Gasteiger partial charge < -0.3 is 20.5 Å². The number of unbranched alkanes of at least 4 members (excludes halogenated alkanes) is 1. The maximum absolute atomic E-state index is 12.0. The van der Waals surface area contributed by atoms with E-state index in [2.05, 4.69) is 17.2 Å². The fourth-order valence-corrected chi connectivity index (χ4v) is 2.26. The summed E-state index contributed by atoms with van der Waals surface area (Å²) in [6, 6.07) is 6.03. The summed E-state index contributed by atoms with van der Waals surface area (Å²) < 4.78 is 5.07. The number of hydrogen-bond donors (Lipinski definition) is 3. The molecule has 0 fully saturated rings. The van der Waals surface area contributed by atoms with Gasteiger partial charge in [-0.25, -0.2) is 9.59 Å². The second-order valence-electron chi connectivity index (χ2n) is 7.11. The second-order valence-corrected chi connectivity index (χ2v) is 7.11. The molecule has 1 atom stereocenters. The van der Waals surface area contributed by atoms with E-state index in [4.69, 9.17) is 4.74 Å². The maximum atomic E-state index is 12.0. The lowest BCUT2D eigenvalue weighted by Crippen LogP contribution is -2.43. The van der Waals surface area contributed by atoms with E-state index in [0.717, 1.165) is 5.56 Å². The number of benzene rings is 1. The average molecular weight is 376 g/mol. The highest BCUT2D eigenvalue weighted by Gasteiger charge is 2.23. The summed E-state index contributed by atoms with van der Waals surface area (Å²) in [7, 11) is 0. The second kappa shape index (κ2) is 10.4. The van der Waals surface area contributed by atoms with Crippen LogP contribution in [0.5, 0.6) is 0 Å². The first kappa shape index (κ1) is 22.2. The van der Waals surface area contributed by atoms with Crippen LogP contribution in [0.1, 0.15) is 56.0 Å². The van der Waals surface area contributed by atoms with E-state index >= 15 is 0 Å². The Morgan fingerprint density at radius 3 is 2.33 bits per heavy atom. The van der Waals surface area contributed by atoms with Crippen molar-refractivity contribution < 1.29 is 24.2 Å². The Hall–Kier alpha value is -2.83. The zero-order chi connectivity index (χ0) is 20.4. The molecule has 0 spiro atoms. The van der Waals surface area contributed by atoms with E-state index in [1.807, 2.05) is 12.1 Å². The van der Waals surface area contributed by atoms with E-state index in [-0.39, 0.29) is 12.3 Å². The lowest BCUT2D eigenvalue weighted by Gasteiger charge is -2.22. The molecule has 7 heteroatoms. The molecule has 148 valence electrons. The molecule has 0 radical (unpaired) electrons. The van der Waals surface area contributed by atoms with Gasteiger partial charge in [0.05, 0.1) is 0 Å². The monoisotopic (exact) mass is 376 g/mol. The number of aliphatic carboxylic acids is 1. The third-order valence-corrected chi connectivity index (χ3v) is 3.60. The van der Waals surface area contributed by atoms with Crippen LogP contribution < -0.4 is 10.6 Å². The van der Waals surface area contributed by atoms with Crippen molar-refractivity contribution >= 4 is 24.0 Å². The fraction of sp³-hybridized carbons (Fsp3) is 0.450. The first-order valence-electron chi connectivity index (χ1n) is 8.85. The lowest BCUT2D eigenvalue weighted by molar-refractivity contribution is -0.139. The van der Waals surface area contributed by atoms with E-state index < -0.39 is 23.7 Å². The van der Waals surface area contributed by atoms with Crippen LogP contribution >= 0.6 is 0 Å². The highest BCUT2D eigenvalue weighted by atomic mass is 16.6. The lowest BCUT2D eigenvalue weighted by atomic mass is 10.1. The molecule has 0 unspecified atom stereocenters. The van der Waals surface area contributed by atoms with Gasteiger partial charge in [-0.2, -0.15) is 0 Å². The number of carbonyl (C=O) groups is 3. The molecule has 0 saturated carbocycles. The van der Waals surface area contributed by atoms with Crippen LogP contribution in [0.3, 0.4) is 0 Å². The number of ether oxygens (including phenoxy) is 1. The zero-order valence-electron chi connectivity index (χ0n) is 16.1. The Kier molecular flexibility index (Phi) is 8.51. The Balaban J connectivity index is 2.34. The van der Waals surface area contributed by atoms with Gasteiger partial charge in [-0.15, -0.1) is 0 Å². The van der Waals surface area contributed by atoms with E-state index in [0.29, 0.717) is 24.9 Å². The summed E-state index contributed by atoms with van der Waals surface area (Å²) in [4.78, 5) is 35.0.